The Hall–Kier alpha value is -2.71. The summed E-state index contributed by atoms with van der Waals surface area (Å²) in [6, 6.07) is 5.87. The summed E-state index contributed by atoms with van der Waals surface area (Å²) in [6.45, 7) is -0.325. The first-order chi connectivity index (χ1) is 12.3. The Labute approximate surface area is 146 Å². The highest BCUT2D eigenvalue weighted by Crippen LogP contribution is 2.47. The molecule has 26 heavy (non-hydrogen) atoms. The van der Waals surface area contributed by atoms with Crippen molar-refractivity contribution >= 4 is 11.6 Å². The summed E-state index contributed by atoms with van der Waals surface area (Å²) in [5.74, 6) is 0.111. The molecule has 2 aromatic rings. The van der Waals surface area contributed by atoms with E-state index in [2.05, 4.69) is 10.4 Å². The number of nitrogens with zero attached hydrogens (tertiary/aromatic N) is 2. The Kier molecular flexibility index (Phi) is 3.82. The van der Waals surface area contributed by atoms with Crippen molar-refractivity contribution in [3.63, 3.8) is 0 Å². The van der Waals surface area contributed by atoms with Crippen LogP contribution < -0.4 is 14.8 Å². The number of amides is 1. The van der Waals surface area contributed by atoms with E-state index in [9.17, 15) is 18.0 Å². The summed E-state index contributed by atoms with van der Waals surface area (Å²) in [4.78, 5) is 12.1. The lowest BCUT2D eigenvalue weighted by Crippen LogP contribution is -2.34. The Morgan fingerprint density at radius 1 is 1.19 bits per heavy atom. The van der Waals surface area contributed by atoms with E-state index in [1.165, 1.54) is 0 Å². The Balaban J connectivity index is 1.41. The lowest BCUT2D eigenvalue weighted by atomic mass is 10.2. The fourth-order valence-corrected chi connectivity index (χ4v) is 3.24. The molecule has 1 aromatic heterocycles. The summed E-state index contributed by atoms with van der Waals surface area (Å²) in [6.07, 6.45) is 0.318. The van der Waals surface area contributed by atoms with Crippen LogP contribution in [-0.4, -0.2) is 21.5 Å². The maximum absolute atomic E-state index is 12.5. The topological polar surface area (TPSA) is 65.4 Å². The Bertz CT molecular complexity index is 841. The largest absolute Gasteiger partial charge is 0.448 e. The van der Waals surface area contributed by atoms with Crippen molar-refractivity contribution in [1.29, 1.82) is 0 Å². The predicted octanol–water partition coefficient (Wildman–Crippen LogP) is 3.58. The molecule has 0 radical (unpaired) electrons. The van der Waals surface area contributed by atoms with Gasteiger partial charge in [-0.05, 0) is 31.0 Å². The van der Waals surface area contributed by atoms with E-state index in [0.29, 0.717) is 17.2 Å². The molecule has 6 nitrogen and oxygen atoms in total. The van der Waals surface area contributed by atoms with E-state index in [4.69, 9.17) is 9.47 Å². The average molecular weight is 367 g/mol. The molecule has 9 heteroatoms. The number of benzene rings is 1. The SMILES string of the molecule is O=C(Cn1ccc(C(F)(F)F)n1)Nc1ccc2c(c1)OC1(CCCC1)O2. The van der Waals surface area contributed by atoms with Crippen LogP contribution in [0.1, 0.15) is 31.4 Å². The minimum Gasteiger partial charge on any atom is -0.448 e. The first kappa shape index (κ1) is 16.7. The van der Waals surface area contributed by atoms with Gasteiger partial charge in [0, 0.05) is 30.8 Å². The molecule has 0 atom stereocenters. The third-order valence-electron chi connectivity index (χ3n) is 4.42. The highest BCUT2D eigenvalue weighted by molar-refractivity contribution is 5.90. The number of aromatic nitrogens is 2. The summed E-state index contributed by atoms with van der Waals surface area (Å²) < 4.78 is 50.4. The maximum Gasteiger partial charge on any atom is 0.435 e. The van der Waals surface area contributed by atoms with Crippen molar-refractivity contribution in [2.75, 3.05) is 5.32 Å². The highest BCUT2D eigenvalue weighted by Gasteiger charge is 2.44. The zero-order chi connectivity index (χ0) is 18.4. The van der Waals surface area contributed by atoms with E-state index in [-0.39, 0.29) is 6.54 Å². The summed E-state index contributed by atoms with van der Waals surface area (Å²) in [7, 11) is 0. The summed E-state index contributed by atoms with van der Waals surface area (Å²) >= 11 is 0. The smallest absolute Gasteiger partial charge is 0.435 e. The number of fused-ring (bicyclic) bond motifs is 1. The van der Waals surface area contributed by atoms with Crippen molar-refractivity contribution in [2.45, 2.75) is 44.2 Å². The molecule has 0 saturated heterocycles. The zero-order valence-electron chi connectivity index (χ0n) is 13.7. The number of ether oxygens (including phenoxy) is 2. The molecule has 4 rings (SSSR count). The quantitative estimate of drug-likeness (QED) is 0.901. The fraction of sp³-hybridized carbons (Fsp3) is 0.412. The Morgan fingerprint density at radius 3 is 2.62 bits per heavy atom. The van der Waals surface area contributed by atoms with Gasteiger partial charge in [-0.15, -0.1) is 0 Å². The molecule has 0 bridgehead atoms. The van der Waals surface area contributed by atoms with E-state index >= 15 is 0 Å². The number of hydrogen-bond acceptors (Lipinski definition) is 4. The van der Waals surface area contributed by atoms with Gasteiger partial charge >= 0.3 is 6.18 Å². The van der Waals surface area contributed by atoms with Gasteiger partial charge in [-0.1, -0.05) is 0 Å². The van der Waals surface area contributed by atoms with Gasteiger partial charge in [0.05, 0.1) is 0 Å². The van der Waals surface area contributed by atoms with Crippen LogP contribution >= 0.6 is 0 Å². The van der Waals surface area contributed by atoms with Crippen molar-refractivity contribution < 1.29 is 27.4 Å². The molecule has 1 saturated carbocycles. The minimum atomic E-state index is -4.53. The minimum absolute atomic E-state index is 0.325. The summed E-state index contributed by atoms with van der Waals surface area (Å²) in [5, 5.41) is 5.99. The van der Waals surface area contributed by atoms with E-state index in [1.54, 1.807) is 18.2 Å². The standard InChI is InChI=1S/C17H16F3N3O3/c18-17(19,20)14-5-8-23(22-14)10-15(24)21-11-3-4-12-13(9-11)26-16(25-12)6-1-2-7-16/h3-5,8-9H,1-2,6-7,10H2,(H,21,24). The van der Waals surface area contributed by atoms with Crippen LogP contribution in [0, 0.1) is 0 Å². The molecule has 1 fully saturated rings. The van der Waals surface area contributed by atoms with Gasteiger partial charge in [0.2, 0.25) is 5.91 Å². The average Bonchev–Trinajstić information content (AvgIpc) is 3.26. The van der Waals surface area contributed by atoms with Crippen LogP contribution in [-0.2, 0) is 17.5 Å². The van der Waals surface area contributed by atoms with Gasteiger partial charge in [-0.25, -0.2) is 0 Å². The fourth-order valence-electron chi connectivity index (χ4n) is 3.24. The highest BCUT2D eigenvalue weighted by atomic mass is 19.4. The number of anilines is 1. The van der Waals surface area contributed by atoms with Gasteiger partial charge in [-0.3, -0.25) is 9.48 Å². The van der Waals surface area contributed by atoms with Crippen LogP contribution in [0.2, 0.25) is 0 Å². The summed E-state index contributed by atoms with van der Waals surface area (Å²) in [5.41, 5.74) is -0.550. The van der Waals surface area contributed by atoms with Crippen LogP contribution in [0.5, 0.6) is 11.5 Å². The first-order valence-electron chi connectivity index (χ1n) is 8.26. The van der Waals surface area contributed by atoms with E-state index in [1.807, 2.05) is 0 Å². The molecule has 1 aromatic carbocycles. The number of alkyl halides is 3. The number of carbonyl (C=O) groups is 1. The molecule has 2 heterocycles. The third kappa shape index (κ3) is 3.21. The molecule has 138 valence electrons. The second kappa shape index (κ2) is 5.93. The molecule has 2 aliphatic rings. The van der Waals surface area contributed by atoms with Gasteiger partial charge in [0.1, 0.15) is 6.54 Å². The number of carbonyl (C=O) groups excluding carboxylic acids is 1. The third-order valence-corrected chi connectivity index (χ3v) is 4.42. The van der Waals surface area contributed by atoms with Crippen molar-refractivity contribution in [2.24, 2.45) is 0 Å². The molecule has 0 unspecified atom stereocenters. The van der Waals surface area contributed by atoms with Gasteiger partial charge < -0.3 is 14.8 Å². The number of rotatable bonds is 3. The van der Waals surface area contributed by atoms with E-state index < -0.39 is 23.6 Å². The second-order valence-corrected chi connectivity index (χ2v) is 6.43. The van der Waals surface area contributed by atoms with Gasteiger partial charge in [0.15, 0.2) is 17.2 Å². The lowest BCUT2D eigenvalue weighted by Gasteiger charge is -2.21. The molecular weight excluding hydrogens is 351 g/mol. The molecule has 1 spiro atoms. The van der Waals surface area contributed by atoms with Crippen LogP contribution in [0.25, 0.3) is 0 Å². The second-order valence-electron chi connectivity index (χ2n) is 6.43. The molecule has 1 aliphatic heterocycles. The van der Waals surface area contributed by atoms with Gasteiger partial charge in [0.25, 0.3) is 5.79 Å². The van der Waals surface area contributed by atoms with Gasteiger partial charge in [-0.2, -0.15) is 18.3 Å². The first-order valence-corrected chi connectivity index (χ1v) is 8.26. The number of halogens is 3. The zero-order valence-corrected chi connectivity index (χ0v) is 13.7. The number of nitrogens with one attached hydrogen (secondary N) is 1. The number of hydrogen-bond donors (Lipinski definition) is 1. The maximum atomic E-state index is 12.5. The van der Waals surface area contributed by atoms with Crippen molar-refractivity contribution in [3.05, 3.63) is 36.2 Å². The predicted molar refractivity (Wildman–Crippen MR) is 84.8 cm³/mol. The monoisotopic (exact) mass is 367 g/mol. The van der Waals surface area contributed by atoms with Crippen LogP contribution in [0.15, 0.2) is 30.5 Å². The van der Waals surface area contributed by atoms with Crippen molar-refractivity contribution in [1.82, 2.24) is 9.78 Å². The van der Waals surface area contributed by atoms with Crippen molar-refractivity contribution in [3.8, 4) is 11.5 Å². The molecule has 1 aliphatic carbocycles. The Morgan fingerprint density at radius 2 is 1.92 bits per heavy atom. The normalized spacial score (nSPS) is 17.7. The van der Waals surface area contributed by atoms with E-state index in [0.717, 1.165) is 42.6 Å². The van der Waals surface area contributed by atoms with Crippen LogP contribution in [0.4, 0.5) is 18.9 Å². The lowest BCUT2D eigenvalue weighted by molar-refractivity contribution is -0.141. The van der Waals surface area contributed by atoms with Crippen LogP contribution in [0.3, 0.4) is 0 Å². The molecule has 1 amide bonds. The molecular formula is C17H16F3N3O3. The molecule has 1 N–H and O–H groups in total.